The Bertz CT molecular complexity index is 875. The molecule has 0 aromatic heterocycles. The molecule has 0 atom stereocenters. The van der Waals surface area contributed by atoms with Crippen LogP contribution in [0.1, 0.15) is 6.42 Å². The summed E-state index contributed by atoms with van der Waals surface area (Å²) in [6.45, 7) is 0.474. The molecule has 2 aromatic rings. The van der Waals surface area contributed by atoms with Crippen LogP contribution in [-0.4, -0.2) is 49.1 Å². The minimum Gasteiger partial charge on any atom is -0.497 e. The number of hydrogen-bond donors (Lipinski definition) is 0. The van der Waals surface area contributed by atoms with Gasteiger partial charge >= 0.3 is 0 Å². The van der Waals surface area contributed by atoms with Crippen LogP contribution >= 0.6 is 23.4 Å². The van der Waals surface area contributed by atoms with Gasteiger partial charge in [0.25, 0.3) is 5.91 Å². The molecule has 1 saturated heterocycles. The highest BCUT2D eigenvalue weighted by Gasteiger charge is 2.25. The van der Waals surface area contributed by atoms with Gasteiger partial charge in [0.05, 0.1) is 19.2 Å². The molecule has 0 radical (unpaired) electrons. The molecule has 8 heteroatoms. The standard InChI is InChI=1S/C20H21ClN2O4S/c1-25-14-8-9-18(26-2)16(12-14)22-20-23(10-5-11-28-20)19(24)13-27-17-7-4-3-6-15(17)21/h3-4,6-9,12H,5,10-11,13H2,1-2H3. The molecule has 0 N–H and O–H groups in total. The van der Waals surface area contributed by atoms with E-state index in [1.807, 2.05) is 12.1 Å². The van der Waals surface area contributed by atoms with Crippen molar-refractivity contribution < 1.29 is 19.0 Å². The Labute approximate surface area is 173 Å². The fraction of sp³-hybridized carbons (Fsp3) is 0.300. The van der Waals surface area contributed by atoms with E-state index in [1.165, 1.54) is 11.8 Å². The first-order chi connectivity index (χ1) is 13.6. The van der Waals surface area contributed by atoms with Crippen LogP contribution < -0.4 is 14.2 Å². The summed E-state index contributed by atoms with van der Waals surface area (Å²) >= 11 is 7.62. The van der Waals surface area contributed by atoms with E-state index < -0.39 is 0 Å². The molecular weight excluding hydrogens is 400 g/mol. The minimum absolute atomic E-state index is 0.113. The van der Waals surface area contributed by atoms with Crippen molar-refractivity contribution >= 4 is 40.1 Å². The molecular formula is C20H21ClN2O4S. The summed E-state index contributed by atoms with van der Waals surface area (Å²) in [6.07, 6.45) is 0.886. The number of carbonyl (C=O) groups excluding carboxylic acids is 1. The maximum atomic E-state index is 12.8. The second-order valence-electron chi connectivity index (χ2n) is 5.90. The predicted molar refractivity (Wildman–Crippen MR) is 112 cm³/mol. The molecule has 2 aromatic carbocycles. The van der Waals surface area contributed by atoms with Crippen LogP contribution in [0.2, 0.25) is 5.02 Å². The number of methoxy groups -OCH3 is 2. The number of para-hydroxylation sites is 1. The quantitative estimate of drug-likeness (QED) is 0.693. The van der Waals surface area contributed by atoms with Crippen molar-refractivity contribution in [2.24, 2.45) is 4.99 Å². The third-order valence-corrected chi connectivity index (χ3v) is 5.45. The van der Waals surface area contributed by atoms with Crippen LogP contribution in [0.5, 0.6) is 17.2 Å². The summed E-state index contributed by atoms with van der Waals surface area (Å²) in [4.78, 5) is 19.1. The number of carbonyl (C=O) groups is 1. The molecule has 1 fully saturated rings. The molecule has 148 valence electrons. The van der Waals surface area contributed by atoms with E-state index in [0.717, 1.165) is 12.2 Å². The molecule has 1 aliphatic heterocycles. The number of benzene rings is 2. The van der Waals surface area contributed by atoms with E-state index in [9.17, 15) is 4.79 Å². The van der Waals surface area contributed by atoms with Gasteiger partial charge in [-0.1, -0.05) is 35.5 Å². The van der Waals surface area contributed by atoms with Crippen molar-refractivity contribution in [2.45, 2.75) is 6.42 Å². The third-order valence-electron chi connectivity index (χ3n) is 4.08. The molecule has 0 unspecified atom stereocenters. The van der Waals surface area contributed by atoms with Crippen molar-refractivity contribution in [3.8, 4) is 17.2 Å². The van der Waals surface area contributed by atoms with Gasteiger partial charge in [-0.05, 0) is 30.7 Å². The molecule has 0 aliphatic carbocycles. The average molecular weight is 421 g/mol. The smallest absolute Gasteiger partial charge is 0.266 e. The van der Waals surface area contributed by atoms with Crippen molar-refractivity contribution in [1.29, 1.82) is 0 Å². The summed E-state index contributed by atoms with van der Waals surface area (Å²) in [6, 6.07) is 12.4. The van der Waals surface area contributed by atoms with Gasteiger partial charge < -0.3 is 14.2 Å². The maximum Gasteiger partial charge on any atom is 0.266 e. The Kier molecular flexibility index (Phi) is 7.06. The summed E-state index contributed by atoms with van der Waals surface area (Å²) < 4.78 is 16.3. The summed E-state index contributed by atoms with van der Waals surface area (Å²) in [5.41, 5.74) is 0.607. The van der Waals surface area contributed by atoms with E-state index in [-0.39, 0.29) is 12.5 Å². The zero-order chi connectivity index (χ0) is 19.9. The lowest BCUT2D eigenvalue weighted by molar-refractivity contribution is -0.129. The lowest BCUT2D eigenvalue weighted by Crippen LogP contribution is -2.41. The second-order valence-corrected chi connectivity index (χ2v) is 7.37. The Morgan fingerprint density at radius 2 is 2.00 bits per heavy atom. The van der Waals surface area contributed by atoms with Gasteiger partial charge in [0.1, 0.15) is 22.9 Å². The maximum absolute atomic E-state index is 12.8. The fourth-order valence-corrected chi connectivity index (χ4v) is 3.81. The van der Waals surface area contributed by atoms with E-state index in [4.69, 9.17) is 25.8 Å². The molecule has 0 bridgehead atoms. The number of nitrogens with zero attached hydrogens (tertiary/aromatic N) is 2. The van der Waals surface area contributed by atoms with Crippen molar-refractivity contribution in [1.82, 2.24) is 4.90 Å². The van der Waals surface area contributed by atoms with Crippen LogP contribution in [-0.2, 0) is 4.79 Å². The second kappa shape index (κ2) is 9.71. The Morgan fingerprint density at radius 3 is 2.75 bits per heavy atom. The number of aliphatic imine (C=N–C) groups is 1. The lowest BCUT2D eigenvalue weighted by Gasteiger charge is -2.28. The highest BCUT2D eigenvalue weighted by molar-refractivity contribution is 8.13. The SMILES string of the molecule is COc1ccc(OC)c(N=C2SCCCN2C(=O)COc2ccccc2Cl)c1. The lowest BCUT2D eigenvalue weighted by atomic mass is 10.3. The molecule has 28 heavy (non-hydrogen) atoms. The van der Waals surface area contributed by atoms with Gasteiger partial charge in [-0.3, -0.25) is 9.69 Å². The summed E-state index contributed by atoms with van der Waals surface area (Å²) in [7, 11) is 3.18. The van der Waals surface area contributed by atoms with Crippen molar-refractivity contribution in [3.05, 3.63) is 47.5 Å². The molecule has 1 heterocycles. The van der Waals surface area contributed by atoms with Crippen molar-refractivity contribution in [2.75, 3.05) is 33.1 Å². The topological polar surface area (TPSA) is 60.4 Å². The molecule has 0 spiro atoms. The number of amides is 1. The average Bonchev–Trinajstić information content (AvgIpc) is 2.73. The third kappa shape index (κ3) is 4.91. The number of amidine groups is 1. The van der Waals surface area contributed by atoms with Crippen LogP contribution in [0.4, 0.5) is 5.69 Å². The zero-order valence-electron chi connectivity index (χ0n) is 15.7. The zero-order valence-corrected chi connectivity index (χ0v) is 17.3. The number of hydrogen-bond acceptors (Lipinski definition) is 6. The number of ether oxygens (including phenoxy) is 3. The Hall–Kier alpha value is -2.38. The van der Waals surface area contributed by atoms with Gasteiger partial charge in [-0.25, -0.2) is 4.99 Å². The fourth-order valence-electron chi connectivity index (χ4n) is 2.65. The van der Waals surface area contributed by atoms with Crippen molar-refractivity contribution in [3.63, 3.8) is 0 Å². The number of rotatable bonds is 6. The van der Waals surface area contributed by atoms with Gasteiger partial charge in [0, 0.05) is 18.4 Å². The highest BCUT2D eigenvalue weighted by Crippen LogP contribution is 2.33. The Morgan fingerprint density at radius 1 is 1.18 bits per heavy atom. The van der Waals surface area contributed by atoms with E-state index in [1.54, 1.807) is 49.5 Å². The van der Waals surface area contributed by atoms with Crippen LogP contribution in [0.3, 0.4) is 0 Å². The minimum atomic E-state index is -0.173. The molecule has 3 rings (SSSR count). The van der Waals surface area contributed by atoms with Crippen LogP contribution in [0.15, 0.2) is 47.5 Å². The van der Waals surface area contributed by atoms with Gasteiger partial charge in [-0.2, -0.15) is 0 Å². The monoisotopic (exact) mass is 420 g/mol. The van der Waals surface area contributed by atoms with Crippen LogP contribution in [0.25, 0.3) is 0 Å². The highest BCUT2D eigenvalue weighted by atomic mass is 35.5. The Balaban J connectivity index is 1.79. The van der Waals surface area contributed by atoms with Gasteiger partial charge in [-0.15, -0.1) is 0 Å². The molecule has 1 aliphatic rings. The molecule has 6 nitrogen and oxygen atoms in total. The number of thioether (sulfide) groups is 1. The first kappa shape index (κ1) is 20.4. The van der Waals surface area contributed by atoms with E-state index >= 15 is 0 Å². The van der Waals surface area contributed by atoms with Gasteiger partial charge in [0.15, 0.2) is 11.8 Å². The normalized spacial score (nSPS) is 15.4. The summed E-state index contributed by atoms with van der Waals surface area (Å²) in [5.74, 6) is 2.48. The molecule has 0 saturated carbocycles. The summed E-state index contributed by atoms with van der Waals surface area (Å²) in [5, 5.41) is 1.09. The van der Waals surface area contributed by atoms with E-state index in [2.05, 4.69) is 4.99 Å². The largest absolute Gasteiger partial charge is 0.497 e. The predicted octanol–water partition coefficient (Wildman–Crippen LogP) is 4.39. The first-order valence-electron chi connectivity index (χ1n) is 8.73. The number of halogens is 1. The van der Waals surface area contributed by atoms with Gasteiger partial charge in [0.2, 0.25) is 0 Å². The van der Waals surface area contributed by atoms with E-state index in [0.29, 0.717) is 39.7 Å². The van der Waals surface area contributed by atoms with Crippen LogP contribution in [0, 0.1) is 0 Å². The first-order valence-corrected chi connectivity index (χ1v) is 10.1. The molecule has 1 amide bonds.